The molecule has 12 heteroatoms. The molecule has 19 rings (SSSR count). The molecule has 19 aliphatic rings. The first-order valence-electron chi connectivity index (χ1n) is 51.5. The van der Waals surface area contributed by atoms with Crippen molar-refractivity contribution in [3.8, 4) is 0 Å². The van der Waals surface area contributed by atoms with Crippen molar-refractivity contribution in [1.29, 1.82) is 0 Å². The number of ether oxygens (including phenoxy) is 6. The van der Waals surface area contributed by atoms with Crippen LogP contribution in [0.4, 0.5) is 0 Å². The van der Waals surface area contributed by atoms with Crippen LogP contribution in [0.1, 0.15) is 511 Å². The van der Waals surface area contributed by atoms with E-state index in [2.05, 4.69) is 90.0 Å². The maximum Gasteiger partial charge on any atom is 0.312 e. The third-order valence-electron chi connectivity index (χ3n) is 40.8. The topological polar surface area (TPSA) is 158 Å². The van der Waals surface area contributed by atoms with Gasteiger partial charge in [-0.05, 0) is 449 Å². The molecule has 0 saturated heterocycles. The molecule has 0 N–H and O–H groups in total. The van der Waals surface area contributed by atoms with E-state index in [0.717, 1.165) is 196 Å². The molecule has 0 spiro atoms. The van der Waals surface area contributed by atoms with Crippen molar-refractivity contribution < 1.29 is 57.2 Å². The summed E-state index contributed by atoms with van der Waals surface area (Å²) in [6, 6.07) is 0. The summed E-state index contributed by atoms with van der Waals surface area (Å²) in [6.07, 6.45) is 51.1. The standard InChI is InChI=1S/C20H32O2.C19H30O2.C18H30O2.C17H28O2.2C17H30O2.10CH4/c1-5-19(3,4)18(21)22-20(6-2)11-14-10-15(20)17-13-8-7-12(9-13)16(14)17;1-5-18(2,3)17(20)21-19(4)10-13-9-14(19)16-12-7-6-11(8-12)15(13)16;1-6-16(2,3)15(19)20-17(4,5)18-10-12-7-13(11-18)9-14(18)8-12;1-5-16(2,3)15(18)19-17(4)10-11-9-14(17)13-8-6-7-12(11)13;1-5-16(2,3)15(18)19-17(4)12-8-10-13-9-6-7-11-14(13)17;1-5-16(2,3)15(18)19-17(4)11-10-13-8-6-7-9-14(13)12-17;;;;;;;;;;/h12-17H,5-11H2,1-4H3;11-16H,5-10H2,1-4H3;12-14H,6-11H2,1-5H3;11-14H,5-10H2,1-4H3;2*13-14H,5-12H2,1-4H3;10*1H4. The molecule has 0 amide bonds. The molecule has 0 radical (unpaired) electrons. The van der Waals surface area contributed by atoms with E-state index >= 15 is 0 Å². The maximum absolute atomic E-state index is 12.7. The average molecular weight is 1830 g/mol. The predicted molar refractivity (Wildman–Crippen MR) is 549 cm³/mol. The van der Waals surface area contributed by atoms with E-state index in [9.17, 15) is 28.8 Å². The molecule has 27 atom stereocenters. The van der Waals surface area contributed by atoms with Crippen molar-refractivity contribution in [2.75, 3.05) is 0 Å². The minimum atomic E-state index is -0.358. The zero-order valence-electron chi connectivity index (χ0n) is 81.7. The van der Waals surface area contributed by atoms with Gasteiger partial charge < -0.3 is 28.4 Å². The van der Waals surface area contributed by atoms with Crippen molar-refractivity contribution in [2.24, 2.45) is 174 Å². The van der Waals surface area contributed by atoms with Crippen molar-refractivity contribution >= 4 is 35.8 Å². The van der Waals surface area contributed by atoms with E-state index in [-0.39, 0.29) is 182 Å². The summed E-state index contributed by atoms with van der Waals surface area (Å²) in [5.41, 5.74) is -2.93. The molecule has 19 saturated carbocycles. The Morgan fingerprint density at radius 2 is 0.654 bits per heavy atom. The molecular weight excluding hydrogens is 1610 g/mol. The van der Waals surface area contributed by atoms with Crippen LogP contribution in [-0.4, -0.2) is 69.4 Å². The molecule has 130 heavy (non-hydrogen) atoms. The van der Waals surface area contributed by atoms with Crippen LogP contribution in [0.3, 0.4) is 0 Å². The Labute approximate surface area is 806 Å². The first-order valence-corrected chi connectivity index (χ1v) is 51.5. The molecular formula is C118H220O12. The second-order valence-electron chi connectivity index (χ2n) is 50.5. The molecule has 14 bridgehead atoms. The fourth-order valence-electron chi connectivity index (χ4n) is 31.2. The minimum absolute atomic E-state index is 0. The SMILES string of the molecule is C.C.C.C.C.C.C.C.C.C.CCC(C)(C)C(=O)OC(C)(C)C12CC3CC(CC1C3)C2.CCC(C)(C)C(=O)OC1(C)CC2CC1C1C3CCC(C3)C21.CCC(C)(C)C(=O)OC1(C)CC2CC1C1CCCC21.CCC(C)(C)C(=O)OC1(C)CCC2CCCCC2C1.CCC(C)(C)C(=O)OC1(C)CCCC2CCCCC21.CCC(C)(C)C(=O)OC1(CC)CC2CC1C1C3CCC(C3)C21. The second kappa shape index (κ2) is 45.0. The molecule has 19 fully saturated rings. The lowest BCUT2D eigenvalue weighted by Crippen LogP contribution is -2.49. The van der Waals surface area contributed by atoms with Gasteiger partial charge in [-0.2, -0.15) is 0 Å². The Kier molecular flexibility index (Phi) is 41.8. The summed E-state index contributed by atoms with van der Waals surface area (Å²) in [4.78, 5) is 74.9. The number of hydrogen-bond donors (Lipinski definition) is 0. The third kappa shape index (κ3) is 23.1. The molecule has 0 heterocycles. The van der Waals surface area contributed by atoms with Crippen LogP contribution in [0.2, 0.25) is 0 Å². The first kappa shape index (κ1) is 121. The Hall–Kier alpha value is -3.18. The van der Waals surface area contributed by atoms with Crippen LogP contribution in [0, 0.1) is 174 Å². The molecule has 19 aliphatic carbocycles. The monoisotopic (exact) mass is 1830 g/mol. The fourth-order valence-corrected chi connectivity index (χ4v) is 31.2. The summed E-state index contributed by atoms with van der Waals surface area (Å²) in [5.74, 6) is 19.8. The molecule has 0 aromatic carbocycles. The summed E-state index contributed by atoms with van der Waals surface area (Å²) in [5, 5.41) is 0. The van der Waals surface area contributed by atoms with E-state index in [1.165, 1.54) is 180 Å². The van der Waals surface area contributed by atoms with E-state index in [0.29, 0.717) is 23.7 Å². The lowest BCUT2D eigenvalue weighted by atomic mass is 9.63. The summed E-state index contributed by atoms with van der Waals surface area (Å²) in [7, 11) is 0. The van der Waals surface area contributed by atoms with Gasteiger partial charge >= 0.3 is 35.8 Å². The van der Waals surface area contributed by atoms with E-state index in [4.69, 9.17) is 28.4 Å². The molecule has 12 nitrogen and oxygen atoms in total. The van der Waals surface area contributed by atoms with Gasteiger partial charge in [0.2, 0.25) is 0 Å². The van der Waals surface area contributed by atoms with Gasteiger partial charge in [0.15, 0.2) is 0 Å². The normalized spacial score (nSPS) is 39.3. The summed E-state index contributed by atoms with van der Waals surface area (Å²) >= 11 is 0. The van der Waals surface area contributed by atoms with Crippen molar-refractivity contribution in [3.63, 3.8) is 0 Å². The number of rotatable bonds is 20. The molecule has 764 valence electrons. The summed E-state index contributed by atoms with van der Waals surface area (Å²) in [6.45, 7) is 51.9. The van der Waals surface area contributed by atoms with Gasteiger partial charge in [0, 0.05) is 29.1 Å². The Balaban J connectivity index is 0.000000396. The van der Waals surface area contributed by atoms with Gasteiger partial charge in [-0.3, -0.25) is 28.8 Å². The van der Waals surface area contributed by atoms with Crippen LogP contribution in [0.25, 0.3) is 0 Å². The van der Waals surface area contributed by atoms with Crippen LogP contribution in [-0.2, 0) is 57.2 Å². The highest BCUT2D eigenvalue weighted by Gasteiger charge is 2.71. The van der Waals surface area contributed by atoms with Gasteiger partial charge in [-0.15, -0.1) is 0 Å². The van der Waals surface area contributed by atoms with Crippen LogP contribution in [0.15, 0.2) is 0 Å². The lowest BCUT2D eigenvalue weighted by molar-refractivity contribution is -0.185. The number of esters is 6. The van der Waals surface area contributed by atoms with Gasteiger partial charge in [0.25, 0.3) is 0 Å². The molecule has 27 unspecified atom stereocenters. The Bertz CT molecular complexity index is 3590. The highest BCUT2D eigenvalue weighted by Crippen LogP contribution is 2.74. The van der Waals surface area contributed by atoms with E-state index in [1.807, 2.05) is 83.1 Å². The maximum atomic E-state index is 12.7. The number of fused-ring (bicyclic) bond motifs is 25. The van der Waals surface area contributed by atoms with Crippen LogP contribution < -0.4 is 0 Å². The van der Waals surface area contributed by atoms with Crippen molar-refractivity contribution in [2.45, 2.75) is 544 Å². The highest BCUT2D eigenvalue weighted by atomic mass is 16.6. The van der Waals surface area contributed by atoms with Crippen molar-refractivity contribution in [3.05, 3.63) is 0 Å². The highest BCUT2D eigenvalue weighted by molar-refractivity contribution is 5.79. The first-order chi connectivity index (χ1) is 56.1. The zero-order valence-corrected chi connectivity index (χ0v) is 81.7. The molecule has 0 aromatic heterocycles. The van der Waals surface area contributed by atoms with Crippen LogP contribution in [0.5, 0.6) is 0 Å². The lowest BCUT2D eigenvalue weighted by Gasteiger charge is -2.48. The van der Waals surface area contributed by atoms with Gasteiger partial charge in [-0.25, -0.2) is 0 Å². The summed E-state index contributed by atoms with van der Waals surface area (Å²) < 4.78 is 36.7. The van der Waals surface area contributed by atoms with Gasteiger partial charge in [0.05, 0.1) is 32.5 Å². The minimum Gasteiger partial charge on any atom is -0.459 e. The largest absolute Gasteiger partial charge is 0.459 e. The van der Waals surface area contributed by atoms with E-state index < -0.39 is 0 Å². The number of carbonyl (C=O) groups is 6. The Morgan fingerprint density at radius 1 is 0.277 bits per heavy atom. The van der Waals surface area contributed by atoms with E-state index in [1.54, 1.807) is 0 Å². The molecule has 0 aromatic rings. The smallest absolute Gasteiger partial charge is 0.312 e. The molecule has 0 aliphatic heterocycles. The quantitative estimate of drug-likeness (QED) is 0.0646. The van der Waals surface area contributed by atoms with Gasteiger partial charge in [-0.1, -0.05) is 174 Å². The zero-order chi connectivity index (χ0) is 87.5. The third-order valence-corrected chi connectivity index (χ3v) is 40.8. The predicted octanol–water partition coefficient (Wildman–Crippen LogP) is 33.8. The number of carbonyl (C=O) groups excluding carboxylic acids is 6. The van der Waals surface area contributed by atoms with Crippen LogP contribution >= 0.6 is 0 Å². The second-order valence-corrected chi connectivity index (χ2v) is 50.5. The van der Waals surface area contributed by atoms with Crippen molar-refractivity contribution in [1.82, 2.24) is 0 Å². The fraction of sp³-hybridized carbons (Fsp3) is 0.949. The van der Waals surface area contributed by atoms with Gasteiger partial charge in [0.1, 0.15) is 33.6 Å². The Morgan fingerprint density at radius 3 is 1.14 bits per heavy atom. The average Bonchev–Trinajstić information content (AvgIpc) is 1.55. The number of hydrogen-bond acceptors (Lipinski definition) is 12.